The smallest absolute Gasteiger partial charge is 0.222 e. The maximum atomic E-state index is 14.0. The third-order valence-corrected chi connectivity index (χ3v) is 8.78. The van der Waals surface area contributed by atoms with Gasteiger partial charge in [-0.2, -0.15) is 0 Å². The van der Waals surface area contributed by atoms with Crippen molar-refractivity contribution in [3.05, 3.63) is 80.2 Å². The number of carbonyl (C=O) groups excluding carboxylic acids is 1. The third-order valence-electron chi connectivity index (χ3n) is 6.84. The van der Waals surface area contributed by atoms with Crippen molar-refractivity contribution in [2.75, 3.05) is 33.7 Å². The molecule has 32 heavy (non-hydrogen) atoms. The highest BCUT2D eigenvalue weighted by Crippen LogP contribution is 2.36. The van der Waals surface area contributed by atoms with Gasteiger partial charge in [-0.3, -0.25) is 4.79 Å². The highest BCUT2D eigenvalue weighted by atomic mass is 32.1. The molecule has 1 fully saturated rings. The highest BCUT2D eigenvalue weighted by molar-refractivity contribution is 7.12. The second-order valence-electron chi connectivity index (χ2n) is 9.40. The van der Waals surface area contributed by atoms with Crippen molar-refractivity contribution in [1.29, 1.82) is 0 Å². The van der Waals surface area contributed by atoms with Crippen molar-refractivity contribution in [2.45, 2.75) is 37.8 Å². The van der Waals surface area contributed by atoms with Crippen LogP contribution in [0.3, 0.4) is 0 Å². The third kappa shape index (κ3) is 4.69. The molecule has 1 aliphatic heterocycles. The van der Waals surface area contributed by atoms with Crippen LogP contribution in [0.1, 0.15) is 33.7 Å². The summed E-state index contributed by atoms with van der Waals surface area (Å²) in [4.78, 5) is 16.5. The first-order valence-electron chi connectivity index (χ1n) is 11.3. The van der Waals surface area contributed by atoms with Crippen molar-refractivity contribution < 1.29 is 14.4 Å². The first-order chi connectivity index (χ1) is 15.3. The minimum Gasteiger partial charge on any atom is -0.834 e. The molecule has 4 rings (SSSR count). The Bertz CT molecular complexity index is 986. The molecule has 0 atom stereocenters. The average Bonchev–Trinajstić information content (AvgIpc) is 3.52. The number of rotatable bonds is 7. The summed E-state index contributed by atoms with van der Waals surface area (Å²) in [6.45, 7) is 4.50. The van der Waals surface area contributed by atoms with Crippen molar-refractivity contribution in [3.63, 3.8) is 0 Å². The minimum absolute atomic E-state index is 0.300. The van der Waals surface area contributed by atoms with Crippen LogP contribution in [0.2, 0.25) is 0 Å². The van der Waals surface area contributed by atoms with E-state index in [4.69, 9.17) is 0 Å². The lowest BCUT2D eigenvalue weighted by Gasteiger charge is -2.46. The molecule has 0 aliphatic carbocycles. The van der Waals surface area contributed by atoms with Crippen molar-refractivity contribution in [1.82, 2.24) is 4.90 Å². The zero-order valence-corrected chi connectivity index (χ0v) is 20.8. The molecular weight excluding hydrogens is 436 g/mol. The summed E-state index contributed by atoms with van der Waals surface area (Å²) in [5.41, 5.74) is 0.856. The number of carbonyl (C=O) groups is 1. The molecule has 0 N–H and O–H groups in total. The molecule has 6 heteroatoms. The van der Waals surface area contributed by atoms with Crippen LogP contribution in [-0.2, 0) is 16.8 Å². The summed E-state index contributed by atoms with van der Waals surface area (Å²) in [5.74, 6) is -0.300. The number of likely N-dealkylation sites (tertiary alicyclic amines) is 1. The molecular formula is C26H32N2O2S2. The van der Waals surface area contributed by atoms with E-state index in [0.29, 0.717) is 28.9 Å². The average molecular weight is 469 g/mol. The molecule has 3 heterocycles. The van der Waals surface area contributed by atoms with Crippen LogP contribution < -0.4 is 5.11 Å². The van der Waals surface area contributed by atoms with Crippen molar-refractivity contribution >= 4 is 28.6 Å². The number of hydrogen-bond donors (Lipinski definition) is 0. The predicted molar refractivity (Wildman–Crippen MR) is 131 cm³/mol. The predicted octanol–water partition coefficient (Wildman–Crippen LogP) is 4.03. The lowest BCUT2D eigenvalue weighted by atomic mass is 9.94. The lowest BCUT2D eigenvalue weighted by Crippen LogP contribution is -2.60. The minimum atomic E-state index is -1.83. The Labute approximate surface area is 199 Å². The van der Waals surface area contributed by atoms with Gasteiger partial charge in [-0.15, -0.1) is 22.7 Å². The van der Waals surface area contributed by atoms with Crippen LogP contribution in [-0.4, -0.2) is 55.1 Å². The van der Waals surface area contributed by atoms with E-state index in [2.05, 4.69) is 45.3 Å². The van der Waals surface area contributed by atoms with Gasteiger partial charge < -0.3 is 14.5 Å². The normalized spacial score (nSPS) is 15.8. The van der Waals surface area contributed by atoms with E-state index in [1.807, 2.05) is 27.8 Å². The van der Waals surface area contributed by atoms with Gasteiger partial charge in [0, 0.05) is 47.7 Å². The quantitative estimate of drug-likeness (QED) is 0.492. The standard InChI is InChI=1S/C26H32N2O2S2/c1-20-7-4-8-21(19-20)13-16-28(2,3)22-11-14-27(15-12-22)25(29)26(30,23-9-5-17-31-23)24-10-6-18-32-24/h4-10,17-19,22H,11-16H2,1-3H3. The molecule has 1 aliphatic rings. The van der Waals surface area contributed by atoms with E-state index >= 15 is 0 Å². The van der Waals surface area contributed by atoms with Gasteiger partial charge >= 0.3 is 0 Å². The van der Waals surface area contributed by atoms with E-state index in [0.717, 1.165) is 30.3 Å². The van der Waals surface area contributed by atoms with Gasteiger partial charge in [0.2, 0.25) is 5.91 Å². The highest BCUT2D eigenvalue weighted by Gasteiger charge is 2.39. The van der Waals surface area contributed by atoms with Crippen LogP contribution in [0.4, 0.5) is 0 Å². The summed E-state index contributed by atoms with van der Waals surface area (Å²) in [6.07, 6.45) is 2.91. The van der Waals surface area contributed by atoms with Crippen LogP contribution in [0.5, 0.6) is 0 Å². The fourth-order valence-electron chi connectivity index (χ4n) is 4.75. The Morgan fingerprint density at radius 2 is 1.69 bits per heavy atom. The van der Waals surface area contributed by atoms with Crippen LogP contribution >= 0.6 is 22.7 Å². The molecule has 1 amide bonds. The van der Waals surface area contributed by atoms with E-state index in [1.54, 1.807) is 12.1 Å². The topological polar surface area (TPSA) is 43.4 Å². The Balaban J connectivity index is 1.41. The Morgan fingerprint density at radius 1 is 1.06 bits per heavy atom. The number of amides is 1. The van der Waals surface area contributed by atoms with Crippen LogP contribution in [0.15, 0.2) is 59.3 Å². The lowest BCUT2D eigenvalue weighted by molar-refractivity contribution is -0.916. The first kappa shape index (κ1) is 23.2. The summed E-state index contributed by atoms with van der Waals surface area (Å²) < 4.78 is 0.939. The Kier molecular flexibility index (Phi) is 6.86. The summed E-state index contributed by atoms with van der Waals surface area (Å²) in [5, 5.41) is 17.8. The second kappa shape index (κ2) is 9.48. The maximum absolute atomic E-state index is 14.0. The molecule has 0 saturated carbocycles. The molecule has 4 nitrogen and oxygen atoms in total. The van der Waals surface area contributed by atoms with Gasteiger partial charge in [0.05, 0.1) is 26.7 Å². The summed E-state index contributed by atoms with van der Waals surface area (Å²) in [6, 6.07) is 16.5. The number of quaternary nitrogens is 1. The Hall–Kier alpha value is -1.99. The van der Waals surface area contributed by atoms with Crippen LogP contribution in [0, 0.1) is 6.92 Å². The van der Waals surface area contributed by atoms with Gasteiger partial charge in [0.25, 0.3) is 0 Å². The molecule has 2 aromatic heterocycles. The van der Waals surface area contributed by atoms with Gasteiger partial charge in [0.15, 0.2) is 0 Å². The Morgan fingerprint density at radius 3 is 2.22 bits per heavy atom. The number of piperidine rings is 1. The van der Waals surface area contributed by atoms with Gasteiger partial charge in [-0.25, -0.2) is 0 Å². The van der Waals surface area contributed by atoms with E-state index < -0.39 is 5.60 Å². The SMILES string of the molecule is Cc1cccc(CC[N+](C)(C)C2CCN(C(=O)C([O-])(c3cccs3)c3cccs3)CC2)c1. The molecule has 0 bridgehead atoms. The molecule has 1 saturated heterocycles. The number of aryl methyl sites for hydroxylation is 1. The monoisotopic (exact) mass is 468 g/mol. The summed E-state index contributed by atoms with van der Waals surface area (Å²) in [7, 11) is 4.60. The number of thiophene rings is 2. The molecule has 170 valence electrons. The maximum Gasteiger partial charge on any atom is 0.222 e. The fourth-order valence-corrected chi connectivity index (χ4v) is 6.46. The van der Waals surface area contributed by atoms with Crippen molar-refractivity contribution in [2.24, 2.45) is 0 Å². The number of benzene rings is 1. The van der Waals surface area contributed by atoms with E-state index in [9.17, 15) is 9.90 Å². The summed E-state index contributed by atoms with van der Waals surface area (Å²) >= 11 is 2.75. The van der Waals surface area contributed by atoms with Crippen LogP contribution in [0.25, 0.3) is 0 Å². The largest absolute Gasteiger partial charge is 0.834 e. The molecule has 3 aromatic rings. The fraction of sp³-hybridized carbons (Fsp3) is 0.423. The molecule has 1 aromatic carbocycles. The number of likely N-dealkylation sites (N-methyl/N-ethyl adjacent to an activating group) is 1. The zero-order chi connectivity index (χ0) is 22.8. The van der Waals surface area contributed by atoms with E-state index in [-0.39, 0.29) is 5.91 Å². The van der Waals surface area contributed by atoms with E-state index in [1.165, 1.54) is 33.8 Å². The van der Waals surface area contributed by atoms with Crippen molar-refractivity contribution in [3.8, 4) is 0 Å². The first-order valence-corrected chi connectivity index (χ1v) is 13.0. The molecule has 0 spiro atoms. The zero-order valence-electron chi connectivity index (χ0n) is 19.1. The molecule has 0 radical (unpaired) electrons. The van der Waals surface area contributed by atoms with Gasteiger partial charge in [-0.1, -0.05) is 42.0 Å². The molecule has 0 unspecified atom stereocenters. The second-order valence-corrected chi connectivity index (χ2v) is 11.3. The van der Waals surface area contributed by atoms with Gasteiger partial charge in [-0.05, 0) is 35.4 Å². The number of nitrogens with zero attached hydrogens (tertiary/aromatic N) is 2. The van der Waals surface area contributed by atoms with Gasteiger partial charge in [0.1, 0.15) is 0 Å². The number of hydrogen-bond acceptors (Lipinski definition) is 4.